The van der Waals surface area contributed by atoms with E-state index in [1.54, 1.807) is 7.11 Å². The minimum absolute atomic E-state index is 0.263. The Labute approximate surface area is 217 Å². The Morgan fingerprint density at radius 2 is 1.75 bits per heavy atom. The van der Waals surface area contributed by atoms with Crippen molar-refractivity contribution < 1.29 is 14.2 Å². The Bertz CT molecular complexity index is 1350. The van der Waals surface area contributed by atoms with Gasteiger partial charge in [-0.3, -0.25) is 4.90 Å². The van der Waals surface area contributed by atoms with Gasteiger partial charge in [-0.15, -0.1) is 11.3 Å². The minimum atomic E-state index is 0.263. The highest BCUT2D eigenvalue weighted by molar-refractivity contribution is 7.22. The summed E-state index contributed by atoms with van der Waals surface area (Å²) < 4.78 is 17.9. The van der Waals surface area contributed by atoms with Gasteiger partial charge in [0.25, 0.3) is 0 Å². The SMILES string of the molecule is COc1ccc2c(Cc3ccc(CN4CCCC4)c(C)c3)c(-c3ccc(OCC4CO4)cc3)sc2c1. The zero-order chi connectivity index (χ0) is 24.5. The number of fused-ring (bicyclic) bond motifs is 1. The van der Waals surface area contributed by atoms with Crippen LogP contribution in [0.2, 0.25) is 0 Å². The lowest BCUT2D eigenvalue weighted by molar-refractivity contribution is 0.263. The van der Waals surface area contributed by atoms with Crippen molar-refractivity contribution in [2.45, 2.75) is 38.8 Å². The first-order valence-electron chi connectivity index (χ1n) is 12.9. The van der Waals surface area contributed by atoms with Gasteiger partial charge in [-0.25, -0.2) is 0 Å². The lowest BCUT2D eigenvalue weighted by Crippen LogP contribution is -2.18. The van der Waals surface area contributed by atoms with Crippen LogP contribution in [-0.2, 0) is 17.7 Å². The van der Waals surface area contributed by atoms with Crippen molar-refractivity contribution in [1.82, 2.24) is 4.90 Å². The van der Waals surface area contributed by atoms with Crippen molar-refractivity contribution in [2.24, 2.45) is 0 Å². The maximum atomic E-state index is 5.87. The molecule has 3 aromatic carbocycles. The van der Waals surface area contributed by atoms with Gasteiger partial charge in [0.1, 0.15) is 24.2 Å². The van der Waals surface area contributed by atoms with Gasteiger partial charge in [0.15, 0.2) is 0 Å². The van der Waals surface area contributed by atoms with Gasteiger partial charge in [-0.2, -0.15) is 0 Å². The van der Waals surface area contributed by atoms with Gasteiger partial charge in [-0.05, 0) is 115 Å². The van der Waals surface area contributed by atoms with E-state index in [4.69, 9.17) is 14.2 Å². The molecule has 3 heterocycles. The Kier molecular flexibility index (Phi) is 6.70. The molecule has 36 heavy (non-hydrogen) atoms. The van der Waals surface area contributed by atoms with E-state index in [9.17, 15) is 0 Å². The molecule has 2 aliphatic heterocycles. The van der Waals surface area contributed by atoms with Gasteiger partial charge in [-0.1, -0.05) is 18.2 Å². The number of epoxide rings is 1. The van der Waals surface area contributed by atoms with Crippen molar-refractivity contribution in [2.75, 3.05) is 33.4 Å². The monoisotopic (exact) mass is 499 g/mol. The van der Waals surface area contributed by atoms with Crippen LogP contribution in [0.4, 0.5) is 0 Å². The second-order valence-corrected chi connectivity index (χ2v) is 11.0. The summed E-state index contributed by atoms with van der Waals surface area (Å²) in [6.07, 6.45) is 3.83. The van der Waals surface area contributed by atoms with E-state index in [1.807, 2.05) is 11.3 Å². The third kappa shape index (κ3) is 5.15. The van der Waals surface area contributed by atoms with Crippen LogP contribution in [0.5, 0.6) is 11.5 Å². The standard InChI is InChI=1S/C31H33NO3S/c1-21-15-22(5-6-24(21)18-32-13-3-4-14-32)16-29-28-12-11-26(33-2)17-30(28)36-31(29)23-7-9-25(10-8-23)34-19-27-20-35-27/h5-12,15,17,27H,3-4,13-14,16,18-20H2,1-2H3. The fourth-order valence-electron chi connectivity index (χ4n) is 5.15. The van der Waals surface area contributed by atoms with Gasteiger partial charge in [0, 0.05) is 16.1 Å². The zero-order valence-corrected chi connectivity index (χ0v) is 21.9. The predicted molar refractivity (Wildman–Crippen MR) is 148 cm³/mol. The van der Waals surface area contributed by atoms with Crippen LogP contribution in [0.15, 0.2) is 60.7 Å². The molecule has 0 aliphatic carbocycles. The average molecular weight is 500 g/mol. The molecule has 2 saturated heterocycles. The van der Waals surface area contributed by atoms with E-state index in [2.05, 4.69) is 72.5 Å². The van der Waals surface area contributed by atoms with E-state index < -0.39 is 0 Å². The molecule has 0 amide bonds. The first-order valence-corrected chi connectivity index (χ1v) is 13.7. The molecule has 5 heteroatoms. The molecule has 4 nitrogen and oxygen atoms in total. The lowest BCUT2D eigenvalue weighted by atomic mass is 9.96. The number of nitrogens with zero attached hydrogens (tertiary/aromatic N) is 1. The molecule has 4 aromatic rings. The van der Waals surface area contributed by atoms with E-state index in [0.717, 1.165) is 31.1 Å². The maximum absolute atomic E-state index is 5.87. The van der Waals surface area contributed by atoms with Crippen LogP contribution in [-0.4, -0.2) is 44.4 Å². The van der Waals surface area contributed by atoms with E-state index in [0.29, 0.717) is 6.61 Å². The fourth-order valence-corrected chi connectivity index (χ4v) is 6.41. The van der Waals surface area contributed by atoms with Crippen LogP contribution in [0, 0.1) is 6.92 Å². The lowest BCUT2D eigenvalue weighted by Gasteiger charge is -2.17. The van der Waals surface area contributed by atoms with Crippen molar-refractivity contribution in [3.8, 4) is 21.9 Å². The Hall–Kier alpha value is -2.86. The normalized spacial score (nSPS) is 17.6. The van der Waals surface area contributed by atoms with E-state index in [-0.39, 0.29) is 6.10 Å². The summed E-state index contributed by atoms with van der Waals surface area (Å²) in [5, 5.41) is 1.31. The molecule has 1 aromatic heterocycles. The fraction of sp³-hybridized carbons (Fsp3) is 0.355. The number of rotatable bonds is 9. The van der Waals surface area contributed by atoms with Crippen LogP contribution in [0.1, 0.15) is 35.1 Å². The van der Waals surface area contributed by atoms with Crippen LogP contribution < -0.4 is 9.47 Å². The summed E-state index contributed by atoms with van der Waals surface area (Å²) in [7, 11) is 1.73. The average Bonchev–Trinajstić information content (AvgIpc) is 3.47. The first kappa shape index (κ1) is 23.5. The summed E-state index contributed by atoms with van der Waals surface area (Å²) in [6, 6.07) is 22.0. The van der Waals surface area contributed by atoms with Crippen LogP contribution in [0.25, 0.3) is 20.5 Å². The van der Waals surface area contributed by atoms with Gasteiger partial charge < -0.3 is 14.2 Å². The molecular formula is C31H33NO3S. The second kappa shape index (κ2) is 10.3. The summed E-state index contributed by atoms with van der Waals surface area (Å²) in [6.45, 7) is 7.23. The summed E-state index contributed by atoms with van der Waals surface area (Å²) in [5.41, 5.74) is 6.81. The number of hydrogen-bond donors (Lipinski definition) is 0. The van der Waals surface area contributed by atoms with Gasteiger partial charge in [0.2, 0.25) is 0 Å². The first-order chi connectivity index (χ1) is 17.7. The molecule has 1 unspecified atom stereocenters. The zero-order valence-electron chi connectivity index (χ0n) is 21.1. The Morgan fingerprint density at radius 1 is 0.972 bits per heavy atom. The smallest absolute Gasteiger partial charge is 0.120 e. The summed E-state index contributed by atoms with van der Waals surface area (Å²) in [4.78, 5) is 3.89. The second-order valence-electron chi connectivity index (χ2n) is 9.98. The number of thiophene rings is 1. The number of aryl methyl sites for hydroxylation is 1. The van der Waals surface area contributed by atoms with Gasteiger partial charge in [0.05, 0.1) is 13.7 Å². The number of hydrogen-bond acceptors (Lipinski definition) is 5. The largest absolute Gasteiger partial charge is 0.497 e. The molecule has 6 rings (SSSR count). The topological polar surface area (TPSA) is 34.2 Å². The third-order valence-electron chi connectivity index (χ3n) is 7.34. The van der Waals surface area contributed by atoms with Gasteiger partial charge >= 0.3 is 0 Å². The van der Waals surface area contributed by atoms with Crippen molar-refractivity contribution in [3.05, 3.63) is 82.9 Å². The highest BCUT2D eigenvalue weighted by Crippen LogP contribution is 2.41. The van der Waals surface area contributed by atoms with E-state index in [1.165, 1.54) is 68.7 Å². The number of methoxy groups -OCH3 is 1. The number of likely N-dealkylation sites (tertiary alicyclic amines) is 1. The highest BCUT2D eigenvalue weighted by atomic mass is 32.1. The molecule has 0 spiro atoms. The van der Waals surface area contributed by atoms with Crippen LogP contribution >= 0.6 is 11.3 Å². The molecule has 0 radical (unpaired) electrons. The summed E-state index contributed by atoms with van der Waals surface area (Å²) in [5.74, 6) is 1.79. The quantitative estimate of drug-likeness (QED) is 0.236. The van der Waals surface area contributed by atoms with E-state index >= 15 is 0 Å². The molecule has 186 valence electrons. The van der Waals surface area contributed by atoms with Crippen molar-refractivity contribution in [1.29, 1.82) is 0 Å². The Balaban J connectivity index is 1.30. The van der Waals surface area contributed by atoms with Crippen molar-refractivity contribution >= 4 is 21.4 Å². The minimum Gasteiger partial charge on any atom is -0.497 e. The molecular weight excluding hydrogens is 466 g/mol. The Morgan fingerprint density at radius 3 is 2.47 bits per heavy atom. The number of benzene rings is 3. The molecule has 0 bridgehead atoms. The molecule has 2 fully saturated rings. The molecule has 0 N–H and O–H groups in total. The highest BCUT2D eigenvalue weighted by Gasteiger charge is 2.23. The van der Waals surface area contributed by atoms with Crippen LogP contribution in [0.3, 0.4) is 0 Å². The summed E-state index contributed by atoms with van der Waals surface area (Å²) >= 11 is 1.84. The third-order valence-corrected chi connectivity index (χ3v) is 8.58. The van der Waals surface area contributed by atoms with Crippen molar-refractivity contribution in [3.63, 3.8) is 0 Å². The number of ether oxygens (including phenoxy) is 3. The molecule has 2 aliphatic rings. The maximum Gasteiger partial charge on any atom is 0.120 e. The molecule has 0 saturated carbocycles. The molecule has 1 atom stereocenters. The predicted octanol–water partition coefficient (Wildman–Crippen LogP) is 6.85.